The Morgan fingerprint density at radius 1 is 0.953 bits per heavy atom. The lowest BCUT2D eigenvalue weighted by Crippen LogP contribution is -2.37. The van der Waals surface area contributed by atoms with E-state index in [1.807, 2.05) is 0 Å². The molecule has 0 radical (unpaired) electrons. The highest BCUT2D eigenvalue weighted by molar-refractivity contribution is 5.90. The van der Waals surface area contributed by atoms with Crippen LogP contribution in [0, 0.1) is 11.8 Å². The molecule has 3 aliphatic rings. The second kappa shape index (κ2) is 10.4. The van der Waals surface area contributed by atoms with Gasteiger partial charge >= 0.3 is 30.9 Å². The number of fused-ring (bicyclic) bond motifs is 1. The zero-order chi connectivity index (χ0) is 31.6. The number of carbonyl (C=O) groups is 2. The van der Waals surface area contributed by atoms with Crippen molar-refractivity contribution in [3.05, 3.63) is 58.7 Å². The van der Waals surface area contributed by atoms with Gasteiger partial charge in [0, 0.05) is 6.04 Å². The van der Waals surface area contributed by atoms with E-state index in [0.29, 0.717) is 12.1 Å². The molecule has 2 saturated carbocycles. The molecule has 16 heteroatoms. The summed E-state index contributed by atoms with van der Waals surface area (Å²) in [6, 6.07) is 2.45. The number of carbonyl (C=O) groups excluding carboxylic acids is 2. The normalized spacial score (nSPS) is 25.0. The van der Waals surface area contributed by atoms with Gasteiger partial charge in [-0.25, -0.2) is 9.59 Å². The summed E-state index contributed by atoms with van der Waals surface area (Å²) in [7, 11) is 1.12. The number of halogens is 9. The first-order valence-electron chi connectivity index (χ1n) is 12.9. The second-order valence-electron chi connectivity index (χ2n) is 10.6. The molecule has 4 atom stereocenters. The lowest BCUT2D eigenvalue weighted by Gasteiger charge is -2.28. The molecular formula is C27H23F9N2O5. The fourth-order valence-electron chi connectivity index (χ4n) is 5.79. The Labute approximate surface area is 238 Å². The quantitative estimate of drug-likeness (QED) is 0.308. The monoisotopic (exact) mass is 626 g/mol. The molecule has 3 fully saturated rings. The van der Waals surface area contributed by atoms with Crippen molar-refractivity contribution >= 4 is 17.9 Å². The first-order chi connectivity index (χ1) is 19.9. The summed E-state index contributed by atoms with van der Waals surface area (Å²) < 4.78 is 134. The van der Waals surface area contributed by atoms with Gasteiger partial charge in [0.1, 0.15) is 11.9 Å². The molecule has 2 aliphatic carbocycles. The molecule has 7 nitrogen and oxygen atoms in total. The van der Waals surface area contributed by atoms with E-state index in [1.165, 1.54) is 17.9 Å². The fraction of sp³-hybridized carbons (Fsp3) is 0.481. The van der Waals surface area contributed by atoms with Crippen molar-refractivity contribution in [2.45, 2.75) is 63.2 Å². The van der Waals surface area contributed by atoms with Crippen molar-refractivity contribution in [3.8, 4) is 5.75 Å². The lowest BCUT2D eigenvalue weighted by atomic mass is 9.97. The molecule has 1 aliphatic heterocycles. The van der Waals surface area contributed by atoms with Crippen LogP contribution in [0.3, 0.4) is 0 Å². The van der Waals surface area contributed by atoms with Gasteiger partial charge in [0.05, 0.1) is 36.5 Å². The molecule has 0 spiro atoms. The molecule has 0 bridgehead atoms. The van der Waals surface area contributed by atoms with Crippen LogP contribution in [-0.4, -0.2) is 42.6 Å². The maximum absolute atomic E-state index is 13.4. The van der Waals surface area contributed by atoms with Crippen molar-refractivity contribution < 1.29 is 63.3 Å². The third kappa shape index (κ3) is 6.00. The van der Waals surface area contributed by atoms with Crippen molar-refractivity contribution in [1.82, 2.24) is 4.90 Å². The van der Waals surface area contributed by atoms with E-state index in [2.05, 4.69) is 4.74 Å². The molecule has 234 valence electrons. The standard InChI is InChI=1S/C27H23F9N2O5/c1-12-22(13-7-15(25(28,29)30)10-16(8-13)26(31,32)33)42-23(39)37(12)11-14-9-17(43-27(34,35)36)3-6-20(14)38(24(40)41-2)21-18-4-5-19(18)21/h3,6-10,12,18-19,21-22H,4-5,11H2,1-2H3/t12-,18?,19?,21?,22-/m0/s1. The highest BCUT2D eigenvalue weighted by atomic mass is 19.4. The molecule has 2 aromatic rings. The van der Waals surface area contributed by atoms with Crippen LogP contribution in [0.25, 0.3) is 0 Å². The van der Waals surface area contributed by atoms with Gasteiger partial charge in [-0.1, -0.05) is 0 Å². The largest absolute Gasteiger partial charge is 0.573 e. The third-order valence-electron chi connectivity index (χ3n) is 8.00. The molecule has 1 saturated heterocycles. The van der Waals surface area contributed by atoms with Gasteiger partial charge in [0.25, 0.3) is 0 Å². The number of rotatable bonds is 6. The third-order valence-corrected chi connectivity index (χ3v) is 8.00. The minimum Gasteiger partial charge on any atom is -0.452 e. The first kappa shape index (κ1) is 30.6. The minimum atomic E-state index is -5.14. The average molecular weight is 626 g/mol. The zero-order valence-corrected chi connectivity index (χ0v) is 22.3. The molecule has 1 heterocycles. The van der Waals surface area contributed by atoms with Gasteiger partial charge in [-0.05, 0) is 79.1 Å². The van der Waals surface area contributed by atoms with Crippen molar-refractivity contribution in [3.63, 3.8) is 0 Å². The van der Waals surface area contributed by atoms with Gasteiger partial charge in [0.2, 0.25) is 0 Å². The summed E-state index contributed by atoms with van der Waals surface area (Å²) in [4.78, 5) is 28.0. The summed E-state index contributed by atoms with van der Waals surface area (Å²) in [5.74, 6) is -0.372. The molecule has 2 amide bonds. The number of benzene rings is 2. The maximum atomic E-state index is 13.4. The van der Waals surface area contributed by atoms with E-state index < -0.39 is 72.0 Å². The van der Waals surface area contributed by atoms with Crippen molar-refractivity contribution in [1.29, 1.82) is 0 Å². The van der Waals surface area contributed by atoms with E-state index in [-0.39, 0.29) is 35.2 Å². The smallest absolute Gasteiger partial charge is 0.452 e. The van der Waals surface area contributed by atoms with Gasteiger partial charge < -0.3 is 14.2 Å². The summed E-state index contributed by atoms with van der Waals surface area (Å²) in [5.41, 5.74) is -3.71. The van der Waals surface area contributed by atoms with E-state index in [9.17, 15) is 49.1 Å². The summed E-state index contributed by atoms with van der Waals surface area (Å²) in [6.45, 7) is 0.777. The predicted octanol–water partition coefficient (Wildman–Crippen LogP) is 7.69. The number of amides is 2. The van der Waals surface area contributed by atoms with Crippen LogP contribution in [0.2, 0.25) is 0 Å². The Morgan fingerprint density at radius 2 is 1.53 bits per heavy atom. The molecular weight excluding hydrogens is 603 g/mol. The maximum Gasteiger partial charge on any atom is 0.573 e. The topological polar surface area (TPSA) is 68.3 Å². The van der Waals surface area contributed by atoms with Gasteiger partial charge in [-0.3, -0.25) is 9.80 Å². The van der Waals surface area contributed by atoms with Crippen LogP contribution in [0.15, 0.2) is 36.4 Å². The van der Waals surface area contributed by atoms with Crippen molar-refractivity contribution in [2.75, 3.05) is 12.0 Å². The number of nitrogens with zero attached hydrogens (tertiary/aromatic N) is 2. The van der Waals surface area contributed by atoms with E-state index in [4.69, 9.17) is 9.47 Å². The zero-order valence-electron chi connectivity index (χ0n) is 22.3. The molecule has 5 rings (SSSR count). The molecule has 2 unspecified atom stereocenters. The highest BCUT2D eigenvalue weighted by Gasteiger charge is 2.61. The number of hydrogen-bond donors (Lipinski definition) is 0. The Bertz CT molecular complexity index is 1380. The van der Waals surface area contributed by atoms with E-state index in [0.717, 1.165) is 37.0 Å². The highest BCUT2D eigenvalue weighted by Crippen LogP contribution is 2.59. The predicted molar refractivity (Wildman–Crippen MR) is 129 cm³/mol. The molecule has 43 heavy (non-hydrogen) atoms. The summed E-state index contributed by atoms with van der Waals surface area (Å²) >= 11 is 0. The van der Waals surface area contributed by atoms with Crippen LogP contribution in [-0.2, 0) is 28.4 Å². The Kier molecular flexibility index (Phi) is 7.40. The number of methoxy groups -OCH3 is 1. The Balaban J connectivity index is 1.51. The number of alkyl halides is 9. The SMILES string of the molecule is COC(=O)N(c1ccc(OC(F)(F)F)cc1CN1C(=O)O[C@H](c2cc(C(F)(F)F)cc(C(F)(F)F)c2)[C@@H]1C)C1C2CCC21. The van der Waals surface area contributed by atoms with E-state index in [1.54, 1.807) is 0 Å². The van der Waals surface area contributed by atoms with Crippen LogP contribution in [0.5, 0.6) is 5.75 Å². The summed E-state index contributed by atoms with van der Waals surface area (Å²) in [6.07, 6.45) is -17.3. The van der Waals surface area contributed by atoms with Crippen LogP contribution in [0.1, 0.15) is 48.1 Å². The van der Waals surface area contributed by atoms with Gasteiger partial charge in [-0.15, -0.1) is 13.2 Å². The molecule has 0 N–H and O–H groups in total. The van der Waals surface area contributed by atoms with Crippen LogP contribution >= 0.6 is 0 Å². The Morgan fingerprint density at radius 3 is 2.02 bits per heavy atom. The number of cyclic esters (lactones) is 1. The molecule has 2 aromatic carbocycles. The molecule has 0 aromatic heterocycles. The van der Waals surface area contributed by atoms with E-state index >= 15 is 0 Å². The Hall–Kier alpha value is -3.85. The first-order valence-corrected chi connectivity index (χ1v) is 12.9. The number of hydrogen-bond acceptors (Lipinski definition) is 5. The fourth-order valence-corrected chi connectivity index (χ4v) is 5.79. The number of ether oxygens (including phenoxy) is 3. The van der Waals surface area contributed by atoms with Gasteiger partial charge in [-0.2, -0.15) is 26.3 Å². The van der Waals surface area contributed by atoms with Crippen LogP contribution < -0.4 is 9.64 Å². The summed E-state index contributed by atoms with van der Waals surface area (Å²) in [5, 5.41) is 0. The lowest BCUT2D eigenvalue weighted by molar-refractivity contribution is -0.274. The average Bonchev–Trinajstić information content (AvgIpc) is 3.28. The van der Waals surface area contributed by atoms with Gasteiger partial charge in [0.15, 0.2) is 0 Å². The number of anilines is 1. The minimum absolute atomic E-state index is 0.0251. The second-order valence-corrected chi connectivity index (χ2v) is 10.6. The van der Waals surface area contributed by atoms with Crippen LogP contribution in [0.4, 0.5) is 54.8 Å². The van der Waals surface area contributed by atoms with Crippen molar-refractivity contribution in [2.24, 2.45) is 11.8 Å².